The summed E-state index contributed by atoms with van der Waals surface area (Å²) in [6.07, 6.45) is 8.08. The van der Waals surface area contributed by atoms with Gasteiger partial charge in [0, 0.05) is 17.9 Å². The number of carbonyl (C=O) groups excluding carboxylic acids is 3. The molecule has 0 saturated heterocycles. The third-order valence-electron chi connectivity index (χ3n) is 9.29. The highest BCUT2D eigenvalue weighted by atomic mass is 16.1. The van der Waals surface area contributed by atoms with E-state index >= 15 is 0 Å². The Morgan fingerprint density at radius 2 is 1.62 bits per heavy atom. The van der Waals surface area contributed by atoms with Gasteiger partial charge in [-0.25, -0.2) is 0 Å². The van der Waals surface area contributed by atoms with Gasteiger partial charge in [-0.1, -0.05) is 91.6 Å². The highest BCUT2D eigenvalue weighted by Gasteiger charge is 2.34. The first kappa shape index (κ1) is 33.9. The van der Waals surface area contributed by atoms with E-state index in [1.54, 1.807) is 0 Å². The molecule has 0 amide bonds. The summed E-state index contributed by atoms with van der Waals surface area (Å²) in [7, 11) is 0. The summed E-state index contributed by atoms with van der Waals surface area (Å²) in [5, 5.41) is 0. The molecular weight excluding hydrogens is 516 g/mol. The molecule has 2 aromatic rings. The van der Waals surface area contributed by atoms with Crippen molar-refractivity contribution >= 4 is 17.3 Å². The summed E-state index contributed by atoms with van der Waals surface area (Å²) in [6.45, 7) is 19.2. The Morgan fingerprint density at radius 1 is 0.976 bits per heavy atom. The summed E-state index contributed by atoms with van der Waals surface area (Å²) in [4.78, 5) is 38.5. The summed E-state index contributed by atoms with van der Waals surface area (Å²) in [5.74, 6) is 1.01. The molecule has 0 aliphatic heterocycles. The summed E-state index contributed by atoms with van der Waals surface area (Å²) in [5.41, 5.74) is 9.00. The zero-order valence-corrected chi connectivity index (χ0v) is 28.0. The minimum atomic E-state index is -0.0958. The monoisotopic (exact) mass is 572 g/mol. The van der Waals surface area contributed by atoms with Crippen molar-refractivity contribution in [3.05, 3.63) is 69.3 Å². The largest absolute Gasteiger partial charge is 0.300 e. The van der Waals surface area contributed by atoms with Gasteiger partial charge in [-0.2, -0.15) is 0 Å². The van der Waals surface area contributed by atoms with Gasteiger partial charge in [0.25, 0.3) is 0 Å². The Bertz CT molecular complexity index is 1240. The Kier molecular flexibility index (Phi) is 11.9. The molecule has 0 bridgehead atoms. The van der Waals surface area contributed by atoms with E-state index in [4.69, 9.17) is 0 Å². The molecule has 1 aliphatic rings. The van der Waals surface area contributed by atoms with Crippen LogP contribution in [0.5, 0.6) is 0 Å². The Hall–Kier alpha value is -2.55. The van der Waals surface area contributed by atoms with Crippen molar-refractivity contribution in [2.45, 2.75) is 132 Å². The van der Waals surface area contributed by atoms with Gasteiger partial charge in [0.05, 0.1) is 6.42 Å². The van der Waals surface area contributed by atoms with Crippen LogP contribution in [0.3, 0.4) is 0 Å². The lowest BCUT2D eigenvalue weighted by atomic mass is 9.70. The van der Waals surface area contributed by atoms with Crippen molar-refractivity contribution in [3.8, 4) is 0 Å². The molecule has 0 aromatic heterocycles. The van der Waals surface area contributed by atoms with Crippen LogP contribution in [-0.2, 0) is 35.3 Å². The molecule has 0 heterocycles. The van der Waals surface area contributed by atoms with Crippen LogP contribution in [-0.4, -0.2) is 17.3 Å². The van der Waals surface area contributed by atoms with Crippen molar-refractivity contribution in [1.29, 1.82) is 0 Å². The fraction of sp³-hybridized carbons (Fsp3) is 0.615. The second-order valence-electron chi connectivity index (χ2n) is 14.7. The van der Waals surface area contributed by atoms with E-state index in [9.17, 15) is 14.4 Å². The quantitative estimate of drug-likeness (QED) is 0.212. The van der Waals surface area contributed by atoms with Crippen LogP contribution >= 0.6 is 0 Å². The lowest BCUT2D eigenvalue weighted by molar-refractivity contribution is -0.129. The fourth-order valence-electron chi connectivity index (χ4n) is 7.38. The van der Waals surface area contributed by atoms with E-state index in [0.717, 1.165) is 62.5 Å². The van der Waals surface area contributed by atoms with E-state index in [2.05, 4.69) is 85.7 Å². The minimum Gasteiger partial charge on any atom is -0.300 e. The fourth-order valence-corrected chi connectivity index (χ4v) is 7.38. The first-order chi connectivity index (χ1) is 19.7. The molecule has 3 rings (SSSR count). The second-order valence-corrected chi connectivity index (χ2v) is 14.7. The molecule has 3 nitrogen and oxygen atoms in total. The van der Waals surface area contributed by atoms with E-state index in [0.29, 0.717) is 12.3 Å². The van der Waals surface area contributed by atoms with Gasteiger partial charge < -0.3 is 0 Å². The van der Waals surface area contributed by atoms with Gasteiger partial charge in [0.1, 0.15) is 11.6 Å². The van der Waals surface area contributed by atoms with Gasteiger partial charge in [-0.3, -0.25) is 14.4 Å². The first-order valence-electron chi connectivity index (χ1n) is 16.5. The SMILES string of the molecule is CCCC(CC1CC(=O)c2c(C)c(CCc3ccc(CC(C)(C)C)cc3)cc(C(C)C)c2C1)C(CC)C(=O)CC(C)=O. The molecule has 230 valence electrons. The van der Waals surface area contributed by atoms with Crippen LogP contribution < -0.4 is 0 Å². The molecule has 0 N–H and O–H groups in total. The third kappa shape index (κ3) is 8.98. The molecule has 1 aliphatic carbocycles. The summed E-state index contributed by atoms with van der Waals surface area (Å²) < 4.78 is 0. The van der Waals surface area contributed by atoms with Gasteiger partial charge in [-0.05, 0) is 109 Å². The topological polar surface area (TPSA) is 51.2 Å². The van der Waals surface area contributed by atoms with E-state index < -0.39 is 0 Å². The molecule has 3 heteroatoms. The maximum Gasteiger partial charge on any atom is 0.163 e. The normalized spacial score (nSPS) is 16.8. The Balaban J connectivity index is 1.83. The highest BCUT2D eigenvalue weighted by Crippen LogP contribution is 2.40. The molecule has 3 unspecified atom stereocenters. The molecule has 42 heavy (non-hydrogen) atoms. The smallest absolute Gasteiger partial charge is 0.163 e. The summed E-state index contributed by atoms with van der Waals surface area (Å²) >= 11 is 0. The van der Waals surface area contributed by atoms with Gasteiger partial charge >= 0.3 is 0 Å². The highest BCUT2D eigenvalue weighted by molar-refractivity contribution is 6.01. The van der Waals surface area contributed by atoms with Crippen LogP contribution in [0, 0.1) is 30.1 Å². The second kappa shape index (κ2) is 14.8. The number of hydrogen-bond donors (Lipinski definition) is 0. The number of ketones is 3. The number of hydrogen-bond acceptors (Lipinski definition) is 3. The maximum absolute atomic E-state index is 13.8. The van der Waals surface area contributed by atoms with Crippen molar-refractivity contribution in [1.82, 2.24) is 0 Å². The molecule has 3 atom stereocenters. The molecule has 0 saturated carbocycles. The maximum atomic E-state index is 13.8. The first-order valence-corrected chi connectivity index (χ1v) is 16.5. The van der Waals surface area contributed by atoms with Crippen molar-refractivity contribution in [2.75, 3.05) is 0 Å². The predicted molar refractivity (Wildman–Crippen MR) is 176 cm³/mol. The number of carbonyl (C=O) groups is 3. The molecule has 0 fully saturated rings. The standard InChI is InChI=1S/C39H56O3/c1-10-12-32(33(11-2)36(41)19-26(5)40)20-30-21-35-34(25(3)4)23-31(27(6)38(35)37(42)22-30)18-17-28-13-15-29(16-14-28)24-39(7,8)9/h13-16,23,25,30,32-33H,10-12,17-22,24H2,1-9H3. The molecule has 0 spiro atoms. The van der Waals surface area contributed by atoms with Crippen molar-refractivity contribution in [2.24, 2.45) is 23.2 Å². The van der Waals surface area contributed by atoms with Crippen molar-refractivity contribution < 1.29 is 14.4 Å². The number of fused-ring (bicyclic) bond motifs is 1. The van der Waals surface area contributed by atoms with E-state index in [1.165, 1.54) is 34.7 Å². The summed E-state index contributed by atoms with van der Waals surface area (Å²) in [6, 6.07) is 11.5. The van der Waals surface area contributed by atoms with Crippen LogP contribution in [0.15, 0.2) is 30.3 Å². The Morgan fingerprint density at radius 3 is 2.17 bits per heavy atom. The lowest BCUT2D eigenvalue weighted by Gasteiger charge is -2.33. The Labute approximate surface area is 256 Å². The van der Waals surface area contributed by atoms with Gasteiger partial charge in [0.15, 0.2) is 5.78 Å². The lowest BCUT2D eigenvalue weighted by Crippen LogP contribution is -2.30. The minimum absolute atomic E-state index is 0.0334. The zero-order chi connectivity index (χ0) is 31.2. The van der Waals surface area contributed by atoms with Crippen LogP contribution in [0.2, 0.25) is 0 Å². The average molecular weight is 573 g/mol. The van der Waals surface area contributed by atoms with Crippen LogP contribution in [0.25, 0.3) is 0 Å². The van der Waals surface area contributed by atoms with E-state index in [1.807, 2.05) is 0 Å². The van der Waals surface area contributed by atoms with Crippen LogP contribution in [0.4, 0.5) is 0 Å². The average Bonchev–Trinajstić information content (AvgIpc) is 2.88. The third-order valence-corrected chi connectivity index (χ3v) is 9.29. The number of benzene rings is 2. The van der Waals surface area contributed by atoms with Crippen molar-refractivity contribution in [3.63, 3.8) is 0 Å². The molecule has 0 radical (unpaired) electrons. The number of rotatable bonds is 14. The molecule has 2 aromatic carbocycles. The van der Waals surface area contributed by atoms with Gasteiger partial charge in [0.2, 0.25) is 0 Å². The van der Waals surface area contributed by atoms with Crippen LogP contribution in [0.1, 0.15) is 144 Å². The predicted octanol–water partition coefficient (Wildman–Crippen LogP) is 9.62. The zero-order valence-electron chi connectivity index (χ0n) is 28.0. The van der Waals surface area contributed by atoms with Gasteiger partial charge in [-0.15, -0.1) is 0 Å². The number of Topliss-reactive ketones (excluding diaryl/α,β-unsaturated/α-hetero) is 3. The number of aryl methyl sites for hydroxylation is 2. The molecular formula is C39H56O3. The van der Waals surface area contributed by atoms with E-state index in [-0.39, 0.29) is 46.9 Å².